The fourth-order valence-corrected chi connectivity index (χ4v) is 2.04. The molecule has 0 amide bonds. The minimum atomic E-state index is -0.184. The molecule has 19 heavy (non-hydrogen) atoms. The Bertz CT molecular complexity index is 631. The maximum atomic E-state index is 11.9. The SMILES string of the molecule is Cc1nc(Cl)cc(=O)n1Cc1ncnn1CC(C)C. The van der Waals surface area contributed by atoms with Crippen LogP contribution in [0.4, 0.5) is 0 Å². The highest BCUT2D eigenvalue weighted by Gasteiger charge is 2.10. The zero-order valence-electron chi connectivity index (χ0n) is 11.2. The summed E-state index contributed by atoms with van der Waals surface area (Å²) in [5.74, 6) is 1.77. The summed E-state index contributed by atoms with van der Waals surface area (Å²) in [7, 11) is 0. The van der Waals surface area contributed by atoms with Gasteiger partial charge in [0.25, 0.3) is 5.56 Å². The summed E-state index contributed by atoms with van der Waals surface area (Å²) in [5, 5.41) is 4.38. The van der Waals surface area contributed by atoms with Gasteiger partial charge in [-0.25, -0.2) is 14.6 Å². The van der Waals surface area contributed by atoms with E-state index in [1.165, 1.54) is 17.0 Å². The molecular formula is C12H16ClN5O. The Kier molecular flexibility index (Phi) is 3.99. The summed E-state index contributed by atoms with van der Waals surface area (Å²) < 4.78 is 3.35. The monoisotopic (exact) mass is 281 g/mol. The van der Waals surface area contributed by atoms with Crippen LogP contribution in [-0.4, -0.2) is 24.3 Å². The summed E-state index contributed by atoms with van der Waals surface area (Å²) >= 11 is 5.75. The maximum absolute atomic E-state index is 11.9. The molecule has 0 spiro atoms. The fourth-order valence-electron chi connectivity index (χ4n) is 1.83. The quantitative estimate of drug-likeness (QED) is 0.797. The van der Waals surface area contributed by atoms with Crippen molar-refractivity contribution in [3.05, 3.63) is 39.5 Å². The van der Waals surface area contributed by atoms with E-state index >= 15 is 0 Å². The van der Waals surface area contributed by atoms with E-state index in [1.807, 2.05) is 4.68 Å². The molecule has 2 rings (SSSR count). The van der Waals surface area contributed by atoms with E-state index in [-0.39, 0.29) is 10.7 Å². The van der Waals surface area contributed by atoms with Gasteiger partial charge in [-0.15, -0.1) is 0 Å². The summed E-state index contributed by atoms with van der Waals surface area (Å²) in [6, 6.07) is 1.30. The summed E-state index contributed by atoms with van der Waals surface area (Å²) in [5.41, 5.74) is -0.184. The van der Waals surface area contributed by atoms with Crippen molar-refractivity contribution in [2.45, 2.75) is 33.9 Å². The Morgan fingerprint density at radius 1 is 1.42 bits per heavy atom. The summed E-state index contributed by atoms with van der Waals surface area (Å²) in [6.45, 7) is 7.07. The van der Waals surface area contributed by atoms with Crippen LogP contribution in [0.25, 0.3) is 0 Å². The molecule has 0 fully saturated rings. The summed E-state index contributed by atoms with van der Waals surface area (Å²) in [6.07, 6.45) is 1.50. The van der Waals surface area contributed by atoms with Crippen LogP contribution in [0.2, 0.25) is 5.15 Å². The van der Waals surface area contributed by atoms with Crippen LogP contribution >= 0.6 is 11.6 Å². The van der Waals surface area contributed by atoms with Crippen molar-refractivity contribution < 1.29 is 0 Å². The molecule has 6 nitrogen and oxygen atoms in total. The van der Waals surface area contributed by atoms with Gasteiger partial charge < -0.3 is 0 Å². The molecule has 0 atom stereocenters. The van der Waals surface area contributed by atoms with Gasteiger partial charge in [0.15, 0.2) is 0 Å². The van der Waals surface area contributed by atoms with Gasteiger partial charge in [0, 0.05) is 12.6 Å². The van der Waals surface area contributed by atoms with Crippen LogP contribution in [-0.2, 0) is 13.1 Å². The summed E-state index contributed by atoms with van der Waals surface area (Å²) in [4.78, 5) is 20.2. The second-order valence-corrected chi connectivity index (χ2v) is 5.19. The first-order valence-corrected chi connectivity index (χ1v) is 6.46. The van der Waals surface area contributed by atoms with Crippen molar-refractivity contribution in [2.75, 3.05) is 0 Å². The largest absolute Gasteiger partial charge is 0.289 e. The van der Waals surface area contributed by atoms with E-state index in [2.05, 4.69) is 28.9 Å². The Hall–Kier alpha value is -1.69. The highest BCUT2D eigenvalue weighted by molar-refractivity contribution is 6.29. The number of hydrogen-bond donors (Lipinski definition) is 0. The molecule has 2 aromatic heterocycles. The van der Waals surface area contributed by atoms with E-state index in [9.17, 15) is 4.79 Å². The molecular weight excluding hydrogens is 266 g/mol. The predicted molar refractivity (Wildman–Crippen MR) is 72.2 cm³/mol. The standard InChI is InChI=1S/C12H16ClN5O/c1-8(2)5-18-11(14-7-15-18)6-17-9(3)16-10(13)4-12(17)19/h4,7-8H,5-6H2,1-3H3. The molecule has 0 N–H and O–H groups in total. The average molecular weight is 282 g/mol. The highest BCUT2D eigenvalue weighted by Crippen LogP contribution is 2.05. The van der Waals surface area contributed by atoms with Crippen LogP contribution < -0.4 is 5.56 Å². The topological polar surface area (TPSA) is 65.6 Å². The van der Waals surface area contributed by atoms with E-state index < -0.39 is 0 Å². The minimum Gasteiger partial charge on any atom is -0.289 e. The van der Waals surface area contributed by atoms with Crippen molar-refractivity contribution in [2.24, 2.45) is 5.92 Å². The zero-order valence-corrected chi connectivity index (χ0v) is 11.9. The number of aryl methyl sites for hydroxylation is 1. The van der Waals surface area contributed by atoms with Crippen molar-refractivity contribution in [1.29, 1.82) is 0 Å². The van der Waals surface area contributed by atoms with E-state index in [0.29, 0.717) is 18.3 Å². The van der Waals surface area contributed by atoms with Gasteiger partial charge in [-0.1, -0.05) is 25.4 Å². The van der Waals surface area contributed by atoms with Gasteiger partial charge in [-0.2, -0.15) is 5.10 Å². The van der Waals surface area contributed by atoms with Gasteiger partial charge in [0.1, 0.15) is 23.1 Å². The molecule has 0 bridgehead atoms. The molecule has 0 aliphatic heterocycles. The molecule has 0 aliphatic carbocycles. The smallest absolute Gasteiger partial charge is 0.255 e. The number of rotatable bonds is 4. The lowest BCUT2D eigenvalue weighted by molar-refractivity contribution is 0.458. The van der Waals surface area contributed by atoms with Crippen LogP contribution in [0.1, 0.15) is 25.5 Å². The van der Waals surface area contributed by atoms with Gasteiger partial charge in [-0.05, 0) is 12.8 Å². The second-order valence-electron chi connectivity index (χ2n) is 4.80. The van der Waals surface area contributed by atoms with E-state index in [0.717, 1.165) is 12.4 Å². The predicted octanol–water partition coefficient (Wildman–Crippen LogP) is 1.50. The lowest BCUT2D eigenvalue weighted by Crippen LogP contribution is -2.25. The van der Waals surface area contributed by atoms with E-state index in [4.69, 9.17) is 11.6 Å². The van der Waals surface area contributed by atoms with Crippen molar-refractivity contribution in [3.8, 4) is 0 Å². The maximum Gasteiger partial charge on any atom is 0.255 e. The van der Waals surface area contributed by atoms with Gasteiger partial charge >= 0.3 is 0 Å². The molecule has 0 unspecified atom stereocenters. The molecule has 0 saturated heterocycles. The second kappa shape index (κ2) is 5.52. The number of halogens is 1. The normalized spacial score (nSPS) is 11.2. The third kappa shape index (κ3) is 3.20. The number of aromatic nitrogens is 5. The molecule has 2 heterocycles. The Morgan fingerprint density at radius 2 is 2.16 bits per heavy atom. The molecule has 0 saturated carbocycles. The van der Waals surface area contributed by atoms with Crippen LogP contribution in [0.3, 0.4) is 0 Å². The minimum absolute atomic E-state index is 0.184. The van der Waals surface area contributed by atoms with Gasteiger partial charge in [0.05, 0.1) is 6.54 Å². The Morgan fingerprint density at radius 3 is 2.79 bits per heavy atom. The molecule has 0 aliphatic rings. The van der Waals surface area contributed by atoms with Crippen LogP contribution in [0.5, 0.6) is 0 Å². The van der Waals surface area contributed by atoms with Gasteiger partial charge in [-0.3, -0.25) is 9.36 Å². The van der Waals surface area contributed by atoms with Crippen molar-refractivity contribution in [1.82, 2.24) is 24.3 Å². The first-order chi connectivity index (χ1) is 8.97. The third-order valence-electron chi connectivity index (χ3n) is 2.70. The first kappa shape index (κ1) is 13.7. The lowest BCUT2D eigenvalue weighted by atomic mass is 10.2. The zero-order chi connectivity index (χ0) is 14.0. The number of hydrogen-bond acceptors (Lipinski definition) is 4. The van der Waals surface area contributed by atoms with Crippen molar-refractivity contribution >= 4 is 11.6 Å². The average Bonchev–Trinajstić information content (AvgIpc) is 2.70. The number of nitrogens with zero attached hydrogens (tertiary/aromatic N) is 5. The Balaban J connectivity index is 2.32. The molecule has 7 heteroatoms. The van der Waals surface area contributed by atoms with Crippen LogP contribution in [0.15, 0.2) is 17.2 Å². The van der Waals surface area contributed by atoms with Gasteiger partial charge in [0.2, 0.25) is 0 Å². The van der Waals surface area contributed by atoms with Crippen molar-refractivity contribution in [3.63, 3.8) is 0 Å². The third-order valence-corrected chi connectivity index (χ3v) is 2.89. The first-order valence-electron chi connectivity index (χ1n) is 6.08. The lowest BCUT2D eigenvalue weighted by Gasteiger charge is -2.11. The van der Waals surface area contributed by atoms with E-state index in [1.54, 1.807) is 6.92 Å². The molecule has 102 valence electrons. The fraction of sp³-hybridized carbons (Fsp3) is 0.500. The molecule has 0 radical (unpaired) electrons. The molecule has 2 aromatic rings. The molecule has 0 aromatic carbocycles. The van der Waals surface area contributed by atoms with Crippen LogP contribution in [0, 0.1) is 12.8 Å². The highest BCUT2D eigenvalue weighted by atomic mass is 35.5. The Labute approximate surface area is 116 Å².